The van der Waals surface area contributed by atoms with Gasteiger partial charge in [-0.1, -0.05) is 48.6 Å². The Kier molecular flexibility index (Phi) is 12.4. The van der Waals surface area contributed by atoms with Crippen molar-refractivity contribution in [3.8, 4) is 0 Å². The Labute approximate surface area is 96.4 Å². The Morgan fingerprint density at radius 1 is 0.692 bits per heavy atom. The monoisotopic (exact) mass is 386 g/mol. The van der Waals surface area contributed by atoms with Crippen molar-refractivity contribution in [2.24, 2.45) is 0 Å². The van der Waals surface area contributed by atoms with Gasteiger partial charge in [-0.15, -0.1) is 0 Å². The van der Waals surface area contributed by atoms with E-state index >= 15 is 0 Å². The van der Waals surface area contributed by atoms with Crippen molar-refractivity contribution in [3.63, 3.8) is 0 Å². The summed E-state index contributed by atoms with van der Waals surface area (Å²) in [5, 5.41) is 0. The molecule has 0 aromatic carbocycles. The Hall–Kier alpha value is 0.228. The van der Waals surface area contributed by atoms with Gasteiger partial charge in [0.15, 0.2) is 0 Å². The normalized spacial score (nSPS) is 14.9. The first kappa shape index (κ1) is 13.2. The van der Waals surface area contributed by atoms with E-state index in [1.54, 1.807) is 0 Å². The molecule has 0 saturated heterocycles. The summed E-state index contributed by atoms with van der Waals surface area (Å²) in [6.45, 7) is 0. The summed E-state index contributed by atoms with van der Waals surface area (Å²) in [6.07, 6.45) is 19.0. The van der Waals surface area contributed by atoms with Crippen molar-refractivity contribution in [2.75, 3.05) is 0 Å². The van der Waals surface area contributed by atoms with E-state index in [-0.39, 0.29) is 0 Å². The summed E-state index contributed by atoms with van der Waals surface area (Å²) >= 11 is -0.806. The van der Waals surface area contributed by atoms with E-state index in [4.69, 9.17) is 18.8 Å². The second kappa shape index (κ2) is 12.2. The van der Waals surface area contributed by atoms with Gasteiger partial charge in [0.05, 0.1) is 0 Å². The third-order valence-electron chi connectivity index (χ3n) is 1.31. The van der Waals surface area contributed by atoms with Gasteiger partial charge in [-0.05, 0) is 12.8 Å². The van der Waals surface area contributed by atoms with Crippen LogP contribution in [0.2, 0.25) is 0 Å². The number of hydrogen-bond donors (Lipinski definition) is 0. The van der Waals surface area contributed by atoms with E-state index in [0.29, 0.717) is 0 Å². The zero-order chi connectivity index (χ0) is 9.78. The van der Waals surface area contributed by atoms with Crippen molar-refractivity contribution in [1.29, 1.82) is 0 Å². The molecular formula is C10H12Cl2W. The summed E-state index contributed by atoms with van der Waals surface area (Å²) in [4.78, 5) is 0. The maximum atomic E-state index is 4.93. The van der Waals surface area contributed by atoms with Crippen LogP contribution in [0.5, 0.6) is 0 Å². The molecular weight excluding hydrogens is 375 g/mol. The standard InChI is InChI=1S/2C5H6.2ClH.W/c2*1-2-4-5-3-1;;;/h2*1-4H,5H2;2*1H;/q;;;;+2/p-2. The summed E-state index contributed by atoms with van der Waals surface area (Å²) < 4.78 is 0. The quantitative estimate of drug-likeness (QED) is 0.579. The van der Waals surface area contributed by atoms with Gasteiger partial charge in [0.1, 0.15) is 0 Å². The maximum absolute atomic E-state index is 4.93. The first-order valence-electron chi connectivity index (χ1n) is 3.94. The Morgan fingerprint density at radius 2 is 0.923 bits per heavy atom. The first-order valence-corrected chi connectivity index (χ1v) is 11.2. The molecule has 2 rings (SSSR count). The molecule has 0 spiro atoms. The number of allylic oxidation sites excluding steroid dienone is 8. The summed E-state index contributed by atoms with van der Waals surface area (Å²) in [5.41, 5.74) is 0. The van der Waals surface area contributed by atoms with Crippen LogP contribution in [0.4, 0.5) is 0 Å². The van der Waals surface area contributed by atoms with Gasteiger partial charge in [-0.2, -0.15) is 0 Å². The van der Waals surface area contributed by atoms with Crippen LogP contribution in [0.25, 0.3) is 0 Å². The van der Waals surface area contributed by atoms with Crippen molar-refractivity contribution in [1.82, 2.24) is 0 Å². The van der Waals surface area contributed by atoms with Crippen LogP contribution in [0.1, 0.15) is 12.8 Å². The van der Waals surface area contributed by atoms with Crippen LogP contribution in [0.3, 0.4) is 0 Å². The molecule has 0 aromatic rings. The van der Waals surface area contributed by atoms with Crippen LogP contribution in [0.15, 0.2) is 48.6 Å². The van der Waals surface area contributed by atoms with Crippen LogP contribution in [0, 0.1) is 0 Å². The summed E-state index contributed by atoms with van der Waals surface area (Å²) in [7, 11) is 9.86. The van der Waals surface area contributed by atoms with E-state index in [9.17, 15) is 0 Å². The molecule has 0 aromatic heterocycles. The van der Waals surface area contributed by atoms with Crippen molar-refractivity contribution in [3.05, 3.63) is 48.6 Å². The van der Waals surface area contributed by atoms with E-state index in [1.807, 2.05) is 0 Å². The zero-order valence-corrected chi connectivity index (χ0v) is 11.6. The van der Waals surface area contributed by atoms with Crippen molar-refractivity contribution in [2.45, 2.75) is 12.8 Å². The minimum absolute atomic E-state index is 0.806. The second-order valence-electron chi connectivity index (χ2n) is 2.24. The van der Waals surface area contributed by atoms with Crippen LogP contribution < -0.4 is 0 Å². The molecule has 0 N–H and O–H groups in total. The average molecular weight is 387 g/mol. The van der Waals surface area contributed by atoms with Gasteiger partial charge in [-0.25, -0.2) is 0 Å². The number of halogens is 2. The van der Waals surface area contributed by atoms with Gasteiger partial charge >= 0.3 is 35.3 Å². The molecule has 0 atom stereocenters. The third kappa shape index (κ3) is 12.2. The molecule has 0 aliphatic heterocycles. The van der Waals surface area contributed by atoms with E-state index in [1.165, 1.54) is 0 Å². The van der Waals surface area contributed by atoms with Gasteiger partial charge in [0.25, 0.3) is 0 Å². The zero-order valence-electron chi connectivity index (χ0n) is 7.20. The molecule has 0 unspecified atom stereocenters. The van der Waals surface area contributed by atoms with E-state index < -0.39 is 16.5 Å². The molecule has 0 fully saturated rings. The van der Waals surface area contributed by atoms with Crippen LogP contribution in [-0.4, -0.2) is 0 Å². The topological polar surface area (TPSA) is 0 Å². The van der Waals surface area contributed by atoms with Crippen molar-refractivity contribution >= 4 is 18.8 Å². The predicted molar refractivity (Wildman–Crippen MR) is 57.5 cm³/mol. The Balaban J connectivity index is 0.000000174. The fourth-order valence-corrected chi connectivity index (χ4v) is 0.786. The fourth-order valence-electron chi connectivity index (χ4n) is 0.786. The summed E-state index contributed by atoms with van der Waals surface area (Å²) in [5.74, 6) is 0. The van der Waals surface area contributed by atoms with E-state index in [2.05, 4.69) is 48.6 Å². The molecule has 2 aliphatic carbocycles. The SMILES string of the molecule is C1=CCC=C1.C1=CCC=C1.[Cl][W][Cl]. The van der Waals surface area contributed by atoms with Crippen molar-refractivity contribution < 1.29 is 16.5 Å². The Bertz CT molecular complexity index is 163. The molecule has 0 nitrogen and oxygen atoms in total. The molecule has 0 saturated carbocycles. The fraction of sp³-hybridized carbons (Fsp3) is 0.200. The molecule has 0 heterocycles. The molecule has 0 bridgehead atoms. The number of rotatable bonds is 0. The molecule has 0 amide bonds. The Morgan fingerprint density at radius 3 is 1.00 bits per heavy atom. The molecule has 13 heavy (non-hydrogen) atoms. The van der Waals surface area contributed by atoms with Crippen LogP contribution in [-0.2, 0) is 16.5 Å². The molecule has 72 valence electrons. The minimum atomic E-state index is -0.806. The first-order chi connectivity index (χ1) is 6.41. The average Bonchev–Trinajstić information content (AvgIpc) is 2.85. The van der Waals surface area contributed by atoms with Gasteiger partial charge in [0.2, 0.25) is 0 Å². The summed E-state index contributed by atoms with van der Waals surface area (Å²) in [6, 6.07) is 0. The van der Waals surface area contributed by atoms with Gasteiger partial charge in [-0.3, -0.25) is 0 Å². The van der Waals surface area contributed by atoms with Gasteiger partial charge in [0, 0.05) is 0 Å². The number of hydrogen-bond acceptors (Lipinski definition) is 0. The predicted octanol–water partition coefficient (Wildman–Crippen LogP) is 4.38. The molecule has 2 aliphatic rings. The van der Waals surface area contributed by atoms with Gasteiger partial charge < -0.3 is 0 Å². The second-order valence-corrected chi connectivity index (χ2v) is 6.48. The molecule has 3 heteroatoms. The third-order valence-corrected chi connectivity index (χ3v) is 1.31. The van der Waals surface area contributed by atoms with Crippen LogP contribution >= 0.6 is 18.8 Å². The molecule has 0 radical (unpaired) electrons. The van der Waals surface area contributed by atoms with E-state index in [0.717, 1.165) is 12.8 Å².